The Balaban J connectivity index is 1.90. The molecule has 136 valence electrons. The molecule has 2 aromatic carbocycles. The van der Waals surface area contributed by atoms with Crippen LogP contribution in [0.1, 0.15) is 15.9 Å². The van der Waals surface area contributed by atoms with Gasteiger partial charge in [-0.15, -0.1) is 0 Å². The number of halogens is 2. The van der Waals surface area contributed by atoms with Crippen molar-refractivity contribution in [1.29, 1.82) is 0 Å². The van der Waals surface area contributed by atoms with Crippen LogP contribution in [0.4, 0.5) is 4.39 Å². The summed E-state index contributed by atoms with van der Waals surface area (Å²) < 4.78 is 20.3. The number of hydrogen-bond acceptors (Lipinski definition) is 4. The Morgan fingerprint density at radius 1 is 1.38 bits per heavy atom. The van der Waals surface area contributed by atoms with Gasteiger partial charge >= 0.3 is 0 Å². The number of ether oxygens (including phenoxy) is 1. The summed E-state index contributed by atoms with van der Waals surface area (Å²) in [7, 11) is 0. The number of carbonyl (C=O) groups is 1. The lowest BCUT2D eigenvalue weighted by atomic mass is 9.95. The van der Waals surface area contributed by atoms with Gasteiger partial charge in [-0.3, -0.25) is 4.79 Å². The lowest BCUT2D eigenvalue weighted by molar-refractivity contribution is 0.0606. The molecule has 5 nitrogen and oxygen atoms in total. The molecule has 2 N–H and O–H groups in total. The molecule has 0 aromatic heterocycles. The largest absolute Gasteiger partial charge is 0.507 e. The van der Waals surface area contributed by atoms with Gasteiger partial charge in [-0.05, 0) is 30.7 Å². The number of nitrogens with zero attached hydrogens (tertiary/aromatic N) is 1. The van der Waals surface area contributed by atoms with E-state index in [0.717, 1.165) is 6.54 Å². The maximum atomic E-state index is 14.4. The van der Waals surface area contributed by atoms with Crippen molar-refractivity contribution in [3.63, 3.8) is 0 Å². The molecule has 26 heavy (non-hydrogen) atoms. The summed E-state index contributed by atoms with van der Waals surface area (Å²) in [5.41, 5.74) is 1.32. The molecule has 1 saturated heterocycles. The van der Waals surface area contributed by atoms with Crippen molar-refractivity contribution in [1.82, 2.24) is 10.2 Å². The first kappa shape index (κ1) is 17.1. The fourth-order valence-electron chi connectivity index (χ4n) is 3.64. The fourth-order valence-corrected chi connectivity index (χ4v) is 4.04. The Kier molecular flexibility index (Phi) is 4.25. The summed E-state index contributed by atoms with van der Waals surface area (Å²) in [6.45, 7) is 4.01. The first-order chi connectivity index (χ1) is 12.5. The predicted molar refractivity (Wildman–Crippen MR) is 96.4 cm³/mol. The SMILES string of the molecule is Cc1cc2c(c(Cl)c1-c1c(O)cccc1F)OC[C@H]1CNCCN1C2=O. The van der Waals surface area contributed by atoms with Gasteiger partial charge < -0.3 is 20.1 Å². The molecular weight excluding hydrogens is 359 g/mol. The topological polar surface area (TPSA) is 61.8 Å². The van der Waals surface area contributed by atoms with Gasteiger partial charge in [0.1, 0.15) is 18.2 Å². The lowest BCUT2D eigenvalue weighted by Crippen LogP contribution is -2.54. The molecule has 2 aromatic rings. The Labute approximate surface area is 155 Å². The fraction of sp³-hybridized carbons (Fsp3) is 0.316. The van der Waals surface area contributed by atoms with Crippen molar-refractivity contribution in [2.75, 3.05) is 26.2 Å². The summed E-state index contributed by atoms with van der Waals surface area (Å²) in [5, 5.41) is 13.5. The average Bonchev–Trinajstić information content (AvgIpc) is 2.75. The predicted octanol–water partition coefficient (Wildman–Crippen LogP) is 2.97. The number of piperazine rings is 1. The summed E-state index contributed by atoms with van der Waals surface area (Å²) in [5.74, 6) is -0.694. The lowest BCUT2D eigenvalue weighted by Gasteiger charge is -2.33. The van der Waals surface area contributed by atoms with E-state index in [0.29, 0.717) is 36.4 Å². The van der Waals surface area contributed by atoms with Crippen LogP contribution in [-0.4, -0.2) is 48.2 Å². The summed E-state index contributed by atoms with van der Waals surface area (Å²) in [4.78, 5) is 14.8. The van der Waals surface area contributed by atoms with Gasteiger partial charge in [-0.2, -0.15) is 0 Å². The maximum absolute atomic E-state index is 14.4. The number of nitrogens with one attached hydrogen (secondary N) is 1. The zero-order chi connectivity index (χ0) is 18.4. The van der Waals surface area contributed by atoms with Crippen molar-refractivity contribution in [3.8, 4) is 22.6 Å². The van der Waals surface area contributed by atoms with Gasteiger partial charge in [0.2, 0.25) is 0 Å². The highest BCUT2D eigenvalue weighted by Crippen LogP contribution is 2.45. The molecule has 2 heterocycles. The molecule has 0 radical (unpaired) electrons. The van der Waals surface area contributed by atoms with E-state index in [1.807, 2.05) is 0 Å². The third-order valence-electron chi connectivity index (χ3n) is 4.92. The van der Waals surface area contributed by atoms with Crippen LogP contribution < -0.4 is 10.1 Å². The van der Waals surface area contributed by atoms with Gasteiger partial charge in [-0.25, -0.2) is 4.39 Å². The Morgan fingerprint density at radius 2 is 2.19 bits per heavy atom. The van der Waals surface area contributed by atoms with Gasteiger partial charge in [0.15, 0.2) is 5.75 Å². The monoisotopic (exact) mass is 376 g/mol. The van der Waals surface area contributed by atoms with Gasteiger partial charge in [0.05, 0.1) is 22.2 Å². The van der Waals surface area contributed by atoms with Crippen molar-refractivity contribution in [3.05, 3.63) is 46.2 Å². The van der Waals surface area contributed by atoms with Gasteiger partial charge in [0, 0.05) is 25.2 Å². The molecular formula is C19H18ClFN2O3. The van der Waals surface area contributed by atoms with Crippen LogP contribution in [0.3, 0.4) is 0 Å². The average molecular weight is 377 g/mol. The number of phenols is 1. The number of amides is 1. The van der Waals surface area contributed by atoms with Crippen LogP contribution in [-0.2, 0) is 0 Å². The molecule has 0 bridgehead atoms. The molecule has 2 aliphatic heterocycles. The molecule has 0 unspecified atom stereocenters. The van der Waals surface area contributed by atoms with Gasteiger partial charge in [0.25, 0.3) is 5.91 Å². The Hall–Kier alpha value is -2.31. The van der Waals surface area contributed by atoms with E-state index in [-0.39, 0.29) is 34.0 Å². The molecule has 7 heteroatoms. The quantitative estimate of drug-likeness (QED) is 0.803. The van der Waals surface area contributed by atoms with E-state index in [1.54, 1.807) is 17.9 Å². The number of carbonyl (C=O) groups excluding carboxylic acids is 1. The van der Waals surface area contributed by atoms with E-state index in [4.69, 9.17) is 16.3 Å². The van der Waals surface area contributed by atoms with Crippen LogP contribution in [0.2, 0.25) is 5.02 Å². The Bertz CT molecular complexity index is 883. The standard InChI is InChI=1S/C19H18ClFN2O3/c1-10-7-12-18(26-9-11-8-22-5-6-23(11)19(12)25)17(20)15(10)16-13(21)3-2-4-14(16)24/h2-4,7,11,22,24H,5-6,8-9H2,1H3/t11-/m1/s1. The highest BCUT2D eigenvalue weighted by Gasteiger charge is 2.35. The number of benzene rings is 2. The smallest absolute Gasteiger partial charge is 0.258 e. The van der Waals surface area contributed by atoms with Crippen LogP contribution in [0.5, 0.6) is 11.5 Å². The number of rotatable bonds is 1. The van der Waals surface area contributed by atoms with Crippen LogP contribution in [0.15, 0.2) is 24.3 Å². The highest BCUT2D eigenvalue weighted by molar-refractivity contribution is 6.36. The number of aryl methyl sites for hydroxylation is 1. The number of aromatic hydroxyl groups is 1. The summed E-state index contributed by atoms with van der Waals surface area (Å²) in [6.07, 6.45) is 0. The molecule has 0 spiro atoms. The van der Waals surface area contributed by atoms with Crippen molar-refractivity contribution in [2.45, 2.75) is 13.0 Å². The summed E-state index contributed by atoms with van der Waals surface area (Å²) >= 11 is 6.56. The number of fused-ring (bicyclic) bond motifs is 2. The molecule has 4 rings (SSSR count). The number of phenolic OH excluding ortho intramolecular Hbond substituents is 1. The Morgan fingerprint density at radius 3 is 2.96 bits per heavy atom. The van der Waals surface area contributed by atoms with E-state index in [1.165, 1.54) is 18.2 Å². The van der Waals surface area contributed by atoms with E-state index >= 15 is 0 Å². The molecule has 2 aliphatic rings. The van der Waals surface area contributed by atoms with Crippen molar-refractivity contribution < 1.29 is 19.0 Å². The van der Waals surface area contributed by atoms with Crippen LogP contribution >= 0.6 is 11.6 Å². The zero-order valence-corrected chi connectivity index (χ0v) is 14.9. The van der Waals surface area contributed by atoms with Gasteiger partial charge in [-0.1, -0.05) is 17.7 Å². The molecule has 0 saturated carbocycles. The van der Waals surface area contributed by atoms with Crippen molar-refractivity contribution in [2.24, 2.45) is 0 Å². The molecule has 1 atom stereocenters. The third-order valence-corrected chi connectivity index (χ3v) is 5.28. The molecule has 0 aliphatic carbocycles. The minimum atomic E-state index is -0.587. The first-order valence-electron chi connectivity index (χ1n) is 8.44. The highest BCUT2D eigenvalue weighted by atomic mass is 35.5. The number of hydrogen-bond donors (Lipinski definition) is 2. The third kappa shape index (κ3) is 2.61. The molecule has 1 fully saturated rings. The molecule has 1 amide bonds. The minimum absolute atomic E-state index is 0.0116. The normalized spacial score (nSPS) is 19.4. The van der Waals surface area contributed by atoms with E-state index in [2.05, 4.69) is 5.32 Å². The minimum Gasteiger partial charge on any atom is -0.507 e. The van der Waals surface area contributed by atoms with E-state index < -0.39 is 5.82 Å². The zero-order valence-electron chi connectivity index (χ0n) is 14.2. The maximum Gasteiger partial charge on any atom is 0.258 e. The van der Waals surface area contributed by atoms with Crippen LogP contribution in [0, 0.1) is 12.7 Å². The first-order valence-corrected chi connectivity index (χ1v) is 8.82. The van der Waals surface area contributed by atoms with Crippen molar-refractivity contribution >= 4 is 17.5 Å². The second-order valence-electron chi connectivity index (χ2n) is 6.56. The summed E-state index contributed by atoms with van der Waals surface area (Å²) in [6, 6.07) is 5.66. The van der Waals surface area contributed by atoms with E-state index in [9.17, 15) is 14.3 Å². The second kappa shape index (κ2) is 6.45. The second-order valence-corrected chi connectivity index (χ2v) is 6.94. The van der Waals surface area contributed by atoms with Crippen LogP contribution in [0.25, 0.3) is 11.1 Å².